The molecule has 0 spiro atoms. The third kappa shape index (κ3) is 2.69. The highest BCUT2D eigenvalue weighted by Crippen LogP contribution is 2.26. The average molecular weight is 290 g/mol. The van der Waals surface area contributed by atoms with Crippen molar-refractivity contribution in [2.75, 3.05) is 26.2 Å². The van der Waals surface area contributed by atoms with Crippen molar-refractivity contribution in [2.24, 2.45) is 5.92 Å². The molecule has 1 aromatic rings. The zero-order valence-corrected chi connectivity index (χ0v) is 11.6. The first-order chi connectivity index (χ1) is 10.2. The summed E-state index contributed by atoms with van der Waals surface area (Å²) in [6.07, 6.45) is 2.43. The fourth-order valence-corrected chi connectivity index (χ4v) is 3.07. The van der Waals surface area contributed by atoms with E-state index in [-0.39, 0.29) is 29.9 Å². The molecule has 0 saturated carbocycles. The second kappa shape index (κ2) is 5.69. The van der Waals surface area contributed by atoms with Gasteiger partial charge in [-0.05, 0) is 24.5 Å². The van der Waals surface area contributed by atoms with Gasteiger partial charge in [0.25, 0.3) is 5.91 Å². The van der Waals surface area contributed by atoms with Crippen LogP contribution in [0.3, 0.4) is 0 Å². The van der Waals surface area contributed by atoms with Crippen molar-refractivity contribution in [3.63, 3.8) is 0 Å². The first kappa shape index (κ1) is 13.8. The molecule has 7 heteroatoms. The maximum atomic E-state index is 12.2. The van der Waals surface area contributed by atoms with Crippen molar-refractivity contribution >= 4 is 11.8 Å². The number of nitrogens with zero attached hydrogens (tertiary/aromatic N) is 2. The topological polar surface area (TPSA) is 94.6 Å². The van der Waals surface area contributed by atoms with E-state index in [9.17, 15) is 14.7 Å². The summed E-state index contributed by atoms with van der Waals surface area (Å²) in [5.41, 5.74) is -0.0628. The van der Waals surface area contributed by atoms with Gasteiger partial charge in [0.2, 0.25) is 5.91 Å². The van der Waals surface area contributed by atoms with Crippen LogP contribution in [-0.4, -0.2) is 59.0 Å². The van der Waals surface area contributed by atoms with Crippen LogP contribution in [0.4, 0.5) is 0 Å². The standard InChI is InChI=1S/C14H18N4O3/c19-11-2-1-4-16-13(11)14(21)17-8-12(20)18-5-3-9-6-15-7-10(9)18/h1-2,4,9-10,15,19H,3,5-8H2,(H,17,21)/t9-,10+/m1/s1. The number of aromatic hydroxyl groups is 1. The molecule has 0 bridgehead atoms. The maximum Gasteiger partial charge on any atom is 0.274 e. The van der Waals surface area contributed by atoms with Gasteiger partial charge in [-0.3, -0.25) is 9.59 Å². The molecule has 2 fully saturated rings. The Morgan fingerprint density at radius 3 is 3.14 bits per heavy atom. The quantitative estimate of drug-likeness (QED) is 0.687. The van der Waals surface area contributed by atoms with E-state index in [1.54, 1.807) is 0 Å². The number of hydrogen-bond donors (Lipinski definition) is 3. The lowest BCUT2D eigenvalue weighted by Crippen LogP contribution is -2.44. The minimum atomic E-state index is -0.540. The van der Waals surface area contributed by atoms with Crippen LogP contribution in [0.5, 0.6) is 5.75 Å². The van der Waals surface area contributed by atoms with E-state index in [1.165, 1.54) is 18.3 Å². The largest absolute Gasteiger partial charge is 0.505 e. The summed E-state index contributed by atoms with van der Waals surface area (Å²) in [7, 11) is 0. The van der Waals surface area contributed by atoms with Gasteiger partial charge in [-0.1, -0.05) is 0 Å². The molecule has 112 valence electrons. The van der Waals surface area contributed by atoms with E-state index in [1.807, 2.05) is 4.90 Å². The highest BCUT2D eigenvalue weighted by atomic mass is 16.3. The summed E-state index contributed by atoms with van der Waals surface area (Å²) in [6.45, 7) is 2.46. The van der Waals surface area contributed by atoms with Gasteiger partial charge in [0.1, 0.15) is 5.75 Å². The van der Waals surface area contributed by atoms with Crippen LogP contribution in [0.2, 0.25) is 0 Å². The molecule has 0 radical (unpaired) electrons. The zero-order chi connectivity index (χ0) is 14.8. The second-order valence-electron chi connectivity index (χ2n) is 5.42. The number of pyridine rings is 1. The van der Waals surface area contributed by atoms with Crippen LogP contribution in [-0.2, 0) is 4.79 Å². The number of carbonyl (C=O) groups is 2. The Hall–Kier alpha value is -2.15. The monoisotopic (exact) mass is 290 g/mol. The first-order valence-electron chi connectivity index (χ1n) is 7.09. The van der Waals surface area contributed by atoms with Crippen LogP contribution >= 0.6 is 0 Å². The molecule has 0 unspecified atom stereocenters. The van der Waals surface area contributed by atoms with Gasteiger partial charge in [-0.2, -0.15) is 0 Å². The molecule has 2 atom stereocenters. The predicted octanol–water partition coefficient (Wildman–Crippen LogP) is -0.663. The fraction of sp³-hybridized carbons (Fsp3) is 0.500. The number of hydrogen-bond acceptors (Lipinski definition) is 5. The minimum absolute atomic E-state index is 0.0628. The average Bonchev–Trinajstić information content (AvgIpc) is 3.07. The van der Waals surface area contributed by atoms with Crippen LogP contribution in [0.1, 0.15) is 16.9 Å². The van der Waals surface area contributed by atoms with Gasteiger partial charge in [-0.15, -0.1) is 0 Å². The van der Waals surface area contributed by atoms with Gasteiger partial charge < -0.3 is 20.6 Å². The molecule has 0 aromatic carbocycles. The van der Waals surface area contributed by atoms with Gasteiger partial charge in [0.15, 0.2) is 5.69 Å². The van der Waals surface area contributed by atoms with Crippen molar-refractivity contribution in [3.05, 3.63) is 24.0 Å². The van der Waals surface area contributed by atoms with Crippen molar-refractivity contribution in [1.82, 2.24) is 20.5 Å². The van der Waals surface area contributed by atoms with E-state index in [4.69, 9.17) is 0 Å². The summed E-state index contributed by atoms with van der Waals surface area (Å²) in [5, 5.41) is 15.4. The molecular formula is C14H18N4O3. The van der Waals surface area contributed by atoms with Crippen LogP contribution < -0.4 is 10.6 Å². The third-order valence-corrected chi connectivity index (χ3v) is 4.17. The fourth-order valence-electron chi connectivity index (χ4n) is 3.07. The number of nitrogens with one attached hydrogen (secondary N) is 2. The third-order valence-electron chi connectivity index (χ3n) is 4.17. The maximum absolute atomic E-state index is 12.2. The van der Waals surface area contributed by atoms with Crippen molar-refractivity contribution in [2.45, 2.75) is 12.5 Å². The first-order valence-corrected chi connectivity index (χ1v) is 7.09. The van der Waals surface area contributed by atoms with Gasteiger partial charge in [0.05, 0.1) is 6.54 Å². The summed E-state index contributed by atoms with van der Waals surface area (Å²) in [6, 6.07) is 3.17. The van der Waals surface area contributed by atoms with Crippen molar-refractivity contribution < 1.29 is 14.7 Å². The molecule has 2 aliphatic heterocycles. The number of aromatic nitrogens is 1. The number of amides is 2. The Morgan fingerprint density at radius 1 is 1.48 bits per heavy atom. The van der Waals surface area contributed by atoms with Crippen LogP contribution in [0.15, 0.2) is 18.3 Å². The molecule has 7 nitrogen and oxygen atoms in total. The van der Waals surface area contributed by atoms with Crippen molar-refractivity contribution in [1.29, 1.82) is 0 Å². The van der Waals surface area contributed by atoms with E-state index in [2.05, 4.69) is 15.6 Å². The number of rotatable bonds is 3. The lowest BCUT2D eigenvalue weighted by atomic mass is 10.1. The van der Waals surface area contributed by atoms with E-state index >= 15 is 0 Å². The molecule has 3 rings (SSSR count). The normalized spacial score (nSPS) is 23.9. The van der Waals surface area contributed by atoms with Gasteiger partial charge in [0, 0.05) is 31.9 Å². The Kier molecular flexibility index (Phi) is 3.74. The number of fused-ring (bicyclic) bond motifs is 1. The zero-order valence-electron chi connectivity index (χ0n) is 11.6. The molecule has 3 N–H and O–H groups in total. The summed E-state index contributed by atoms with van der Waals surface area (Å²) in [4.78, 5) is 29.8. The van der Waals surface area contributed by atoms with Gasteiger partial charge >= 0.3 is 0 Å². The lowest BCUT2D eigenvalue weighted by Gasteiger charge is -2.23. The Balaban J connectivity index is 1.57. The molecule has 2 saturated heterocycles. The Bertz CT molecular complexity index is 563. The number of carbonyl (C=O) groups excluding carboxylic acids is 2. The molecule has 2 amide bonds. The number of likely N-dealkylation sites (tertiary alicyclic amines) is 1. The molecule has 2 aliphatic rings. The SMILES string of the molecule is O=C(NCC(=O)N1CC[C@@H]2CNC[C@@H]21)c1ncccc1O. The predicted molar refractivity (Wildman–Crippen MR) is 74.7 cm³/mol. The molecule has 0 aliphatic carbocycles. The van der Waals surface area contributed by atoms with E-state index in [0.717, 1.165) is 26.1 Å². The van der Waals surface area contributed by atoms with Crippen LogP contribution in [0.25, 0.3) is 0 Å². The van der Waals surface area contributed by atoms with Gasteiger partial charge in [-0.25, -0.2) is 4.98 Å². The summed E-state index contributed by atoms with van der Waals surface area (Å²) in [5.74, 6) is -0.287. The molecule has 3 heterocycles. The second-order valence-corrected chi connectivity index (χ2v) is 5.42. The van der Waals surface area contributed by atoms with Crippen molar-refractivity contribution in [3.8, 4) is 5.75 Å². The van der Waals surface area contributed by atoms with Crippen LogP contribution in [0, 0.1) is 5.92 Å². The highest BCUT2D eigenvalue weighted by molar-refractivity contribution is 5.96. The molecule has 1 aromatic heterocycles. The Labute approximate surface area is 122 Å². The smallest absolute Gasteiger partial charge is 0.274 e. The Morgan fingerprint density at radius 2 is 2.33 bits per heavy atom. The lowest BCUT2D eigenvalue weighted by molar-refractivity contribution is -0.130. The molecular weight excluding hydrogens is 272 g/mol. The summed E-state index contributed by atoms with van der Waals surface area (Å²) >= 11 is 0. The highest BCUT2D eigenvalue weighted by Gasteiger charge is 2.39. The molecule has 21 heavy (non-hydrogen) atoms. The van der Waals surface area contributed by atoms with E-state index in [0.29, 0.717) is 5.92 Å². The summed E-state index contributed by atoms with van der Waals surface area (Å²) < 4.78 is 0. The van der Waals surface area contributed by atoms with E-state index < -0.39 is 5.91 Å². The minimum Gasteiger partial charge on any atom is -0.505 e.